The Morgan fingerprint density at radius 3 is 2.26 bits per heavy atom. The van der Waals surface area contributed by atoms with Crippen LogP contribution in [0.4, 0.5) is 4.79 Å². The first-order valence-corrected chi connectivity index (χ1v) is 11.1. The Hall–Kier alpha value is -4.72. The zero-order chi connectivity index (χ0) is 24.4. The molecule has 4 aromatic rings. The first-order chi connectivity index (χ1) is 17.0. The summed E-state index contributed by atoms with van der Waals surface area (Å²) >= 11 is 0. The SMILES string of the molecule is COc1ccc(C2(C)NC(=O)N(/N=C/c3cn(-c4ccccc4)nc3-c3ccccc3)C2=O)cc1. The van der Waals surface area contributed by atoms with Gasteiger partial charge in [0.1, 0.15) is 17.0 Å². The van der Waals surface area contributed by atoms with E-state index in [1.54, 1.807) is 43.0 Å². The predicted octanol–water partition coefficient (Wildman–Crippen LogP) is 4.35. The van der Waals surface area contributed by atoms with Crippen LogP contribution in [0.2, 0.25) is 0 Å². The third-order valence-electron chi connectivity index (χ3n) is 5.96. The average molecular weight is 466 g/mol. The molecule has 1 aliphatic rings. The number of urea groups is 1. The molecule has 1 atom stereocenters. The molecule has 3 amide bonds. The molecule has 8 heteroatoms. The van der Waals surface area contributed by atoms with Crippen molar-refractivity contribution in [1.82, 2.24) is 20.1 Å². The number of nitrogens with zero attached hydrogens (tertiary/aromatic N) is 4. The zero-order valence-corrected chi connectivity index (χ0v) is 19.3. The third kappa shape index (κ3) is 4.06. The van der Waals surface area contributed by atoms with E-state index in [-0.39, 0.29) is 0 Å². The number of rotatable bonds is 6. The number of amides is 3. The number of hydrazone groups is 1. The van der Waals surface area contributed by atoms with Crippen LogP contribution in [0.25, 0.3) is 16.9 Å². The number of carbonyl (C=O) groups is 2. The normalized spacial score (nSPS) is 17.7. The molecular formula is C27H23N5O3. The van der Waals surface area contributed by atoms with Gasteiger partial charge in [-0.3, -0.25) is 4.79 Å². The van der Waals surface area contributed by atoms with Crippen molar-refractivity contribution < 1.29 is 14.3 Å². The molecule has 1 N–H and O–H groups in total. The number of imide groups is 1. The maximum atomic E-state index is 13.3. The summed E-state index contributed by atoms with van der Waals surface area (Å²) in [6, 6.07) is 25.8. The molecule has 1 saturated heterocycles. The molecule has 0 saturated carbocycles. The molecule has 5 rings (SSSR count). The Kier molecular flexibility index (Phi) is 5.62. The molecule has 1 unspecified atom stereocenters. The summed E-state index contributed by atoms with van der Waals surface area (Å²) in [5.74, 6) is 0.188. The number of carbonyl (C=O) groups excluding carboxylic acids is 2. The predicted molar refractivity (Wildman–Crippen MR) is 132 cm³/mol. The average Bonchev–Trinajstić information content (AvgIpc) is 3.42. The van der Waals surface area contributed by atoms with Gasteiger partial charge >= 0.3 is 6.03 Å². The summed E-state index contributed by atoms with van der Waals surface area (Å²) < 4.78 is 6.94. The van der Waals surface area contributed by atoms with Gasteiger partial charge in [0.25, 0.3) is 5.91 Å². The number of ether oxygens (including phenoxy) is 1. The highest BCUT2D eigenvalue weighted by atomic mass is 16.5. The summed E-state index contributed by atoms with van der Waals surface area (Å²) in [7, 11) is 1.57. The van der Waals surface area contributed by atoms with E-state index in [9.17, 15) is 9.59 Å². The van der Waals surface area contributed by atoms with Crippen LogP contribution < -0.4 is 10.1 Å². The van der Waals surface area contributed by atoms with E-state index in [1.807, 2.05) is 66.9 Å². The lowest BCUT2D eigenvalue weighted by atomic mass is 9.92. The minimum atomic E-state index is -1.24. The van der Waals surface area contributed by atoms with E-state index in [4.69, 9.17) is 9.84 Å². The van der Waals surface area contributed by atoms with Gasteiger partial charge in [-0.2, -0.15) is 10.2 Å². The van der Waals surface area contributed by atoms with Gasteiger partial charge in [-0.15, -0.1) is 5.01 Å². The molecular weight excluding hydrogens is 442 g/mol. The van der Waals surface area contributed by atoms with Crippen molar-refractivity contribution in [3.05, 3.63) is 102 Å². The van der Waals surface area contributed by atoms with Gasteiger partial charge in [-0.1, -0.05) is 60.7 Å². The number of benzene rings is 3. The quantitative estimate of drug-likeness (QED) is 0.339. The van der Waals surface area contributed by atoms with E-state index in [1.165, 1.54) is 6.21 Å². The van der Waals surface area contributed by atoms with Crippen LogP contribution in [0.15, 0.2) is 96.2 Å². The summed E-state index contributed by atoms with van der Waals surface area (Å²) in [5.41, 5.74) is 2.52. The fourth-order valence-electron chi connectivity index (χ4n) is 3.98. The van der Waals surface area contributed by atoms with Gasteiger partial charge in [0, 0.05) is 17.3 Å². The molecule has 3 aromatic carbocycles. The first-order valence-electron chi connectivity index (χ1n) is 11.1. The molecule has 1 aliphatic heterocycles. The molecule has 0 spiro atoms. The second kappa shape index (κ2) is 8.90. The van der Waals surface area contributed by atoms with Crippen molar-refractivity contribution in [2.75, 3.05) is 7.11 Å². The number of methoxy groups -OCH3 is 1. The Bertz CT molecular complexity index is 1400. The minimum Gasteiger partial charge on any atom is -0.497 e. The van der Waals surface area contributed by atoms with Crippen molar-refractivity contribution in [1.29, 1.82) is 0 Å². The van der Waals surface area contributed by atoms with E-state index < -0.39 is 17.5 Å². The first kappa shape index (κ1) is 22.1. The van der Waals surface area contributed by atoms with E-state index >= 15 is 0 Å². The van der Waals surface area contributed by atoms with Crippen molar-refractivity contribution in [3.63, 3.8) is 0 Å². The highest BCUT2D eigenvalue weighted by molar-refractivity contribution is 6.07. The maximum Gasteiger partial charge on any atom is 0.346 e. The van der Waals surface area contributed by atoms with Crippen LogP contribution in [0.5, 0.6) is 5.75 Å². The Labute approximate surface area is 202 Å². The summed E-state index contributed by atoms with van der Waals surface area (Å²) in [5, 5.41) is 12.6. The van der Waals surface area contributed by atoms with Crippen molar-refractivity contribution in [2.24, 2.45) is 5.10 Å². The van der Waals surface area contributed by atoms with E-state index in [2.05, 4.69) is 10.4 Å². The molecule has 35 heavy (non-hydrogen) atoms. The van der Waals surface area contributed by atoms with Gasteiger partial charge in [0.15, 0.2) is 0 Å². The molecule has 174 valence electrons. The minimum absolute atomic E-state index is 0.472. The monoisotopic (exact) mass is 465 g/mol. The van der Waals surface area contributed by atoms with Crippen LogP contribution in [0.3, 0.4) is 0 Å². The Balaban J connectivity index is 1.48. The van der Waals surface area contributed by atoms with Crippen molar-refractivity contribution in [3.8, 4) is 22.7 Å². The number of nitrogens with one attached hydrogen (secondary N) is 1. The van der Waals surface area contributed by atoms with Crippen LogP contribution in [-0.2, 0) is 10.3 Å². The van der Waals surface area contributed by atoms with Gasteiger partial charge in [-0.05, 0) is 36.8 Å². The molecule has 0 aliphatic carbocycles. The van der Waals surface area contributed by atoms with Crippen molar-refractivity contribution >= 4 is 18.2 Å². The number of para-hydroxylation sites is 1. The zero-order valence-electron chi connectivity index (χ0n) is 19.3. The molecule has 1 aromatic heterocycles. The van der Waals surface area contributed by atoms with E-state index in [0.29, 0.717) is 22.6 Å². The van der Waals surface area contributed by atoms with Crippen LogP contribution >= 0.6 is 0 Å². The summed E-state index contributed by atoms with van der Waals surface area (Å²) in [6.07, 6.45) is 3.31. The second-order valence-corrected chi connectivity index (χ2v) is 8.22. The van der Waals surface area contributed by atoms with Gasteiger partial charge < -0.3 is 10.1 Å². The third-order valence-corrected chi connectivity index (χ3v) is 5.96. The van der Waals surface area contributed by atoms with Crippen molar-refractivity contribution in [2.45, 2.75) is 12.5 Å². The lowest BCUT2D eigenvalue weighted by molar-refractivity contribution is -0.131. The molecule has 0 bridgehead atoms. The van der Waals surface area contributed by atoms with Crippen LogP contribution in [0.1, 0.15) is 18.1 Å². The Morgan fingerprint density at radius 2 is 1.60 bits per heavy atom. The fraction of sp³-hybridized carbons (Fsp3) is 0.111. The topological polar surface area (TPSA) is 88.8 Å². The largest absolute Gasteiger partial charge is 0.497 e. The second-order valence-electron chi connectivity index (χ2n) is 8.22. The van der Waals surface area contributed by atoms with Crippen LogP contribution in [0, 0.1) is 0 Å². The Morgan fingerprint density at radius 1 is 0.943 bits per heavy atom. The maximum absolute atomic E-state index is 13.3. The fourth-order valence-corrected chi connectivity index (χ4v) is 3.98. The highest BCUT2D eigenvalue weighted by Crippen LogP contribution is 2.30. The summed E-state index contributed by atoms with van der Waals surface area (Å²) in [6.45, 7) is 1.66. The lowest BCUT2D eigenvalue weighted by Gasteiger charge is -2.21. The van der Waals surface area contributed by atoms with Gasteiger partial charge in [0.2, 0.25) is 0 Å². The highest BCUT2D eigenvalue weighted by Gasteiger charge is 2.49. The standard InChI is InChI=1S/C27H23N5O3/c1-27(21-13-15-23(35-2)16-14-21)25(33)32(26(34)29-27)28-17-20-18-31(22-11-7-4-8-12-22)30-24(20)19-9-5-3-6-10-19/h3-18H,1-2H3,(H,29,34)/b28-17+. The molecule has 8 nitrogen and oxygen atoms in total. The smallest absolute Gasteiger partial charge is 0.346 e. The lowest BCUT2D eigenvalue weighted by Crippen LogP contribution is -2.40. The molecule has 2 heterocycles. The van der Waals surface area contributed by atoms with Crippen LogP contribution in [-0.4, -0.2) is 40.1 Å². The van der Waals surface area contributed by atoms with Gasteiger partial charge in [-0.25, -0.2) is 9.48 Å². The molecule has 0 radical (unpaired) electrons. The summed E-state index contributed by atoms with van der Waals surface area (Å²) in [4.78, 5) is 26.0. The number of hydrogen-bond donors (Lipinski definition) is 1. The number of aromatic nitrogens is 2. The van der Waals surface area contributed by atoms with Gasteiger partial charge in [0.05, 0.1) is 19.0 Å². The van der Waals surface area contributed by atoms with E-state index in [0.717, 1.165) is 16.3 Å². The molecule has 1 fully saturated rings. The number of hydrogen-bond acceptors (Lipinski definition) is 5.